The van der Waals surface area contributed by atoms with Gasteiger partial charge in [-0.25, -0.2) is 0 Å². The van der Waals surface area contributed by atoms with Gasteiger partial charge in [0, 0.05) is 35.1 Å². The Morgan fingerprint density at radius 3 is 2.50 bits per heavy atom. The van der Waals surface area contributed by atoms with Crippen LogP contribution < -0.4 is 10.1 Å². The number of benzene rings is 2. The van der Waals surface area contributed by atoms with Gasteiger partial charge in [-0.15, -0.1) is 0 Å². The van der Waals surface area contributed by atoms with Crippen LogP contribution in [0.5, 0.6) is 5.75 Å². The molecule has 5 heteroatoms. The van der Waals surface area contributed by atoms with Crippen LogP contribution in [-0.4, -0.2) is 23.1 Å². The predicted molar refractivity (Wildman–Crippen MR) is 100 cm³/mol. The van der Waals surface area contributed by atoms with Crippen LogP contribution in [0, 0.1) is 0 Å². The first-order valence-corrected chi connectivity index (χ1v) is 8.29. The second-order valence-electron chi connectivity index (χ2n) is 5.81. The van der Waals surface area contributed by atoms with Crippen LogP contribution in [0.1, 0.15) is 27.7 Å². The highest BCUT2D eigenvalue weighted by atomic mass is 16.5. The van der Waals surface area contributed by atoms with Crippen molar-refractivity contribution in [3.8, 4) is 5.75 Å². The standard InChI is InChI=1S/C21H20N2O3/c1-26-17-11-9-15(10-12-17)21(25)23-19-8-3-2-7-18(19)20(24)14-16-6-4-5-13-22-16/h2-13,20,24H,14H2,1H3,(H,23,25). The van der Waals surface area contributed by atoms with E-state index in [0.29, 0.717) is 29.0 Å². The first-order valence-electron chi connectivity index (χ1n) is 8.29. The Bertz CT molecular complexity index is 864. The fourth-order valence-electron chi connectivity index (χ4n) is 2.67. The van der Waals surface area contributed by atoms with Crippen LogP contribution in [0.25, 0.3) is 0 Å². The normalized spacial score (nSPS) is 11.6. The van der Waals surface area contributed by atoms with Crippen molar-refractivity contribution in [2.24, 2.45) is 0 Å². The van der Waals surface area contributed by atoms with Crippen LogP contribution in [-0.2, 0) is 6.42 Å². The van der Waals surface area contributed by atoms with Gasteiger partial charge in [0.1, 0.15) is 5.75 Å². The van der Waals surface area contributed by atoms with Crippen LogP contribution in [0.2, 0.25) is 0 Å². The molecule has 2 aromatic carbocycles. The van der Waals surface area contributed by atoms with Gasteiger partial charge in [0.05, 0.1) is 13.2 Å². The molecule has 1 atom stereocenters. The Balaban J connectivity index is 1.76. The van der Waals surface area contributed by atoms with Gasteiger partial charge in [-0.2, -0.15) is 0 Å². The number of hydrogen-bond acceptors (Lipinski definition) is 4. The Kier molecular flexibility index (Phi) is 5.61. The molecule has 0 bridgehead atoms. The van der Waals surface area contributed by atoms with Crippen molar-refractivity contribution in [1.29, 1.82) is 0 Å². The van der Waals surface area contributed by atoms with Crippen molar-refractivity contribution < 1.29 is 14.6 Å². The molecular weight excluding hydrogens is 328 g/mol. The van der Waals surface area contributed by atoms with Gasteiger partial charge in [-0.1, -0.05) is 24.3 Å². The Hall–Kier alpha value is -3.18. The lowest BCUT2D eigenvalue weighted by Gasteiger charge is -2.16. The minimum atomic E-state index is -0.766. The molecular formula is C21H20N2O3. The quantitative estimate of drug-likeness (QED) is 0.714. The molecule has 0 saturated carbocycles. The lowest BCUT2D eigenvalue weighted by Crippen LogP contribution is -2.15. The zero-order valence-corrected chi connectivity index (χ0v) is 14.4. The first-order chi connectivity index (χ1) is 12.7. The monoisotopic (exact) mass is 348 g/mol. The summed E-state index contributed by atoms with van der Waals surface area (Å²) in [7, 11) is 1.58. The van der Waals surface area contributed by atoms with Crippen molar-refractivity contribution in [1.82, 2.24) is 4.98 Å². The number of anilines is 1. The molecule has 0 fully saturated rings. The number of rotatable bonds is 6. The third kappa shape index (κ3) is 4.26. The Morgan fingerprint density at radius 1 is 1.08 bits per heavy atom. The lowest BCUT2D eigenvalue weighted by molar-refractivity contribution is 0.102. The summed E-state index contributed by atoms with van der Waals surface area (Å²) in [5, 5.41) is 13.5. The summed E-state index contributed by atoms with van der Waals surface area (Å²) >= 11 is 0. The molecule has 3 aromatic rings. The number of ether oxygens (including phenoxy) is 1. The van der Waals surface area contributed by atoms with E-state index >= 15 is 0 Å². The number of carbonyl (C=O) groups is 1. The van der Waals surface area contributed by atoms with Gasteiger partial charge in [0.15, 0.2) is 0 Å². The first kappa shape index (κ1) is 17.6. The zero-order chi connectivity index (χ0) is 18.4. The number of para-hydroxylation sites is 1. The highest BCUT2D eigenvalue weighted by Gasteiger charge is 2.15. The number of aliphatic hydroxyl groups is 1. The molecule has 1 aromatic heterocycles. The molecule has 2 N–H and O–H groups in total. The second-order valence-corrected chi connectivity index (χ2v) is 5.81. The van der Waals surface area contributed by atoms with Gasteiger partial charge in [0.25, 0.3) is 5.91 Å². The molecule has 26 heavy (non-hydrogen) atoms. The fourth-order valence-corrected chi connectivity index (χ4v) is 2.67. The summed E-state index contributed by atoms with van der Waals surface area (Å²) in [6.07, 6.45) is 1.30. The van der Waals surface area contributed by atoms with Crippen molar-refractivity contribution in [2.75, 3.05) is 12.4 Å². The van der Waals surface area contributed by atoms with E-state index in [2.05, 4.69) is 10.3 Å². The molecule has 0 spiro atoms. The average molecular weight is 348 g/mol. The molecule has 1 unspecified atom stereocenters. The highest BCUT2D eigenvalue weighted by molar-refractivity contribution is 6.04. The summed E-state index contributed by atoms with van der Waals surface area (Å²) in [6.45, 7) is 0. The summed E-state index contributed by atoms with van der Waals surface area (Å²) in [4.78, 5) is 16.7. The number of nitrogens with zero attached hydrogens (tertiary/aromatic N) is 1. The highest BCUT2D eigenvalue weighted by Crippen LogP contribution is 2.26. The topological polar surface area (TPSA) is 71.5 Å². The molecule has 0 radical (unpaired) electrons. The predicted octanol–water partition coefficient (Wildman–Crippen LogP) is 3.62. The minimum Gasteiger partial charge on any atom is -0.497 e. The van der Waals surface area contributed by atoms with E-state index in [1.165, 1.54) is 0 Å². The number of hydrogen-bond donors (Lipinski definition) is 2. The summed E-state index contributed by atoms with van der Waals surface area (Å²) in [5.41, 5.74) is 2.54. The lowest BCUT2D eigenvalue weighted by atomic mass is 10.0. The molecule has 1 heterocycles. The maximum absolute atomic E-state index is 12.5. The third-order valence-electron chi connectivity index (χ3n) is 4.05. The Morgan fingerprint density at radius 2 is 1.81 bits per heavy atom. The van der Waals surface area contributed by atoms with E-state index < -0.39 is 6.10 Å². The van der Waals surface area contributed by atoms with Crippen molar-refractivity contribution in [3.05, 3.63) is 89.7 Å². The average Bonchev–Trinajstić information content (AvgIpc) is 2.69. The van der Waals surface area contributed by atoms with E-state index in [1.807, 2.05) is 30.3 Å². The number of pyridine rings is 1. The maximum atomic E-state index is 12.5. The second kappa shape index (κ2) is 8.27. The van der Waals surface area contributed by atoms with Crippen LogP contribution >= 0.6 is 0 Å². The molecule has 0 aliphatic rings. The summed E-state index contributed by atoms with van der Waals surface area (Å²) in [6, 6.07) is 19.7. The number of aliphatic hydroxyl groups excluding tert-OH is 1. The van der Waals surface area contributed by atoms with E-state index in [0.717, 1.165) is 5.69 Å². The minimum absolute atomic E-state index is 0.245. The SMILES string of the molecule is COc1ccc(C(=O)Nc2ccccc2C(O)Cc2ccccn2)cc1. The fraction of sp³-hybridized carbons (Fsp3) is 0.143. The van der Waals surface area contributed by atoms with Gasteiger partial charge < -0.3 is 15.2 Å². The largest absolute Gasteiger partial charge is 0.497 e. The molecule has 132 valence electrons. The van der Waals surface area contributed by atoms with Gasteiger partial charge in [-0.05, 0) is 42.5 Å². The van der Waals surface area contributed by atoms with E-state index in [4.69, 9.17) is 4.74 Å². The zero-order valence-electron chi connectivity index (χ0n) is 14.4. The smallest absolute Gasteiger partial charge is 0.255 e. The number of carbonyl (C=O) groups excluding carboxylic acids is 1. The third-order valence-corrected chi connectivity index (χ3v) is 4.05. The van der Waals surface area contributed by atoms with E-state index in [1.54, 1.807) is 49.7 Å². The van der Waals surface area contributed by atoms with Gasteiger partial charge >= 0.3 is 0 Å². The molecule has 0 saturated heterocycles. The van der Waals surface area contributed by atoms with Crippen LogP contribution in [0.3, 0.4) is 0 Å². The van der Waals surface area contributed by atoms with Crippen molar-refractivity contribution in [2.45, 2.75) is 12.5 Å². The van der Waals surface area contributed by atoms with Crippen LogP contribution in [0.15, 0.2) is 72.9 Å². The summed E-state index contributed by atoms with van der Waals surface area (Å²) < 4.78 is 5.10. The number of methoxy groups -OCH3 is 1. The van der Waals surface area contributed by atoms with Crippen LogP contribution in [0.4, 0.5) is 5.69 Å². The summed E-state index contributed by atoms with van der Waals surface area (Å²) in [5.74, 6) is 0.442. The van der Waals surface area contributed by atoms with Crippen molar-refractivity contribution in [3.63, 3.8) is 0 Å². The Labute approximate surface area is 152 Å². The van der Waals surface area contributed by atoms with E-state index in [9.17, 15) is 9.90 Å². The maximum Gasteiger partial charge on any atom is 0.255 e. The van der Waals surface area contributed by atoms with Crippen molar-refractivity contribution >= 4 is 11.6 Å². The molecule has 0 aliphatic carbocycles. The molecule has 3 rings (SSSR count). The van der Waals surface area contributed by atoms with Gasteiger partial charge in [0.2, 0.25) is 0 Å². The number of nitrogens with one attached hydrogen (secondary N) is 1. The van der Waals surface area contributed by atoms with E-state index in [-0.39, 0.29) is 5.91 Å². The molecule has 5 nitrogen and oxygen atoms in total. The number of amides is 1. The number of aromatic nitrogens is 1. The van der Waals surface area contributed by atoms with Gasteiger partial charge in [-0.3, -0.25) is 9.78 Å². The molecule has 0 aliphatic heterocycles. The molecule has 1 amide bonds.